The number of H-pyrrole nitrogens is 1. The van der Waals surface area contributed by atoms with Gasteiger partial charge in [-0.15, -0.1) is 0 Å². The van der Waals surface area contributed by atoms with Gasteiger partial charge < -0.3 is 21.0 Å². The molecule has 2 aromatic carbocycles. The van der Waals surface area contributed by atoms with Gasteiger partial charge in [-0.2, -0.15) is 0 Å². The summed E-state index contributed by atoms with van der Waals surface area (Å²) in [5.41, 5.74) is 16.5. The lowest BCUT2D eigenvalue weighted by atomic mass is 9.95. The summed E-state index contributed by atoms with van der Waals surface area (Å²) in [7, 11) is 0. The molecule has 7 nitrogen and oxygen atoms in total. The molecule has 0 atom stereocenters. The van der Waals surface area contributed by atoms with E-state index in [1.165, 1.54) is 0 Å². The Morgan fingerprint density at radius 2 is 1.63 bits per heavy atom. The van der Waals surface area contributed by atoms with Gasteiger partial charge in [-0.1, -0.05) is 30.3 Å². The number of aryl methyl sites for hydroxylation is 1. The van der Waals surface area contributed by atoms with E-state index in [-0.39, 0.29) is 0 Å². The molecule has 1 aliphatic rings. The molecule has 7 heteroatoms. The molecule has 2 amide bonds. The summed E-state index contributed by atoms with van der Waals surface area (Å²) in [5, 5.41) is 4.20. The topological polar surface area (TPSA) is 119 Å². The number of nitrogen functional groups attached to an aromatic ring is 1. The molecular weight excluding hydrogens is 378 g/mol. The van der Waals surface area contributed by atoms with Crippen molar-refractivity contribution in [2.24, 2.45) is 5.73 Å². The van der Waals surface area contributed by atoms with E-state index in [1.54, 1.807) is 6.20 Å². The molecule has 0 fully saturated rings. The second-order valence-electron chi connectivity index (χ2n) is 7.40. The fraction of sp³-hybridized carbons (Fsp3) is 0.130. The molecule has 0 spiro atoms. The number of imide groups is 1. The number of anilines is 1. The first-order valence-electron chi connectivity index (χ1n) is 9.84. The molecule has 0 radical (unpaired) electrons. The molecular formula is C23H21N5O2. The summed E-state index contributed by atoms with van der Waals surface area (Å²) in [6.45, 7) is 1.22. The molecule has 0 unspecified atom stereocenters. The summed E-state index contributed by atoms with van der Waals surface area (Å²) < 4.78 is 2.02. The molecule has 0 saturated heterocycles. The first-order valence-corrected chi connectivity index (χ1v) is 9.84. The van der Waals surface area contributed by atoms with Gasteiger partial charge in [0, 0.05) is 46.4 Å². The summed E-state index contributed by atoms with van der Waals surface area (Å²) >= 11 is 0. The van der Waals surface area contributed by atoms with Crippen LogP contribution in [0.3, 0.4) is 0 Å². The zero-order valence-electron chi connectivity index (χ0n) is 16.2. The third-order valence-corrected chi connectivity index (χ3v) is 5.59. The van der Waals surface area contributed by atoms with Crippen LogP contribution in [-0.4, -0.2) is 27.9 Å². The third kappa shape index (κ3) is 2.63. The zero-order chi connectivity index (χ0) is 20.8. The summed E-state index contributed by atoms with van der Waals surface area (Å²) in [4.78, 5) is 28.9. The van der Waals surface area contributed by atoms with Crippen molar-refractivity contribution in [3.63, 3.8) is 0 Å². The van der Waals surface area contributed by atoms with Gasteiger partial charge in [0.15, 0.2) is 0 Å². The Morgan fingerprint density at radius 1 is 0.900 bits per heavy atom. The van der Waals surface area contributed by atoms with Crippen molar-refractivity contribution in [3.8, 4) is 0 Å². The van der Waals surface area contributed by atoms with Crippen LogP contribution in [0.5, 0.6) is 0 Å². The normalized spacial score (nSPS) is 14.3. The van der Waals surface area contributed by atoms with Crippen molar-refractivity contribution in [3.05, 3.63) is 66.0 Å². The minimum Gasteiger partial charge on any atom is -0.397 e. The number of carbonyl (C=O) groups excluding carboxylic acids is 2. The van der Waals surface area contributed by atoms with Crippen LogP contribution in [0.15, 0.2) is 54.9 Å². The molecule has 150 valence electrons. The van der Waals surface area contributed by atoms with Gasteiger partial charge in [0.25, 0.3) is 11.8 Å². The number of hydrogen-bond acceptors (Lipinski definition) is 4. The second kappa shape index (κ2) is 6.89. The van der Waals surface area contributed by atoms with E-state index in [0.29, 0.717) is 41.1 Å². The Balaban J connectivity index is 1.81. The van der Waals surface area contributed by atoms with Gasteiger partial charge in [0.05, 0.1) is 22.4 Å². The Hall–Kier alpha value is -3.84. The SMILES string of the molecule is NCCCn1cc(C2=C(c3c[nH]c4ccccc34)C(=O)NC2=O)c2cccc(N)c21. The number of amides is 2. The first-order chi connectivity index (χ1) is 14.6. The lowest BCUT2D eigenvalue weighted by Crippen LogP contribution is -2.22. The highest BCUT2D eigenvalue weighted by Gasteiger charge is 2.35. The number of nitrogens with two attached hydrogens (primary N) is 2. The summed E-state index contributed by atoms with van der Waals surface area (Å²) in [6.07, 6.45) is 4.45. The average Bonchev–Trinajstić information content (AvgIpc) is 3.40. The Morgan fingerprint density at radius 3 is 2.43 bits per heavy atom. The lowest BCUT2D eigenvalue weighted by Gasteiger charge is -2.05. The summed E-state index contributed by atoms with van der Waals surface area (Å²) in [5.74, 6) is -0.799. The van der Waals surface area contributed by atoms with Gasteiger partial charge in [0.1, 0.15) is 0 Å². The van der Waals surface area contributed by atoms with E-state index in [0.717, 1.165) is 28.2 Å². The molecule has 0 aliphatic carbocycles. The highest BCUT2D eigenvalue weighted by molar-refractivity contribution is 6.50. The van der Waals surface area contributed by atoms with Crippen molar-refractivity contribution in [2.45, 2.75) is 13.0 Å². The molecule has 4 aromatic rings. The van der Waals surface area contributed by atoms with Crippen LogP contribution in [0.1, 0.15) is 17.5 Å². The van der Waals surface area contributed by atoms with Gasteiger partial charge in [-0.25, -0.2) is 0 Å². The second-order valence-corrected chi connectivity index (χ2v) is 7.40. The van der Waals surface area contributed by atoms with Crippen molar-refractivity contribution < 1.29 is 9.59 Å². The molecule has 0 saturated carbocycles. The zero-order valence-corrected chi connectivity index (χ0v) is 16.2. The minimum absolute atomic E-state index is 0.367. The largest absolute Gasteiger partial charge is 0.397 e. The van der Waals surface area contributed by atoms with Crippen LogP contribution in [0.25, 0.3) is 33.0 Å². The highest BCUT2D eigenvalue weighted by Crippen LogP contribution is 2.39. The molecule has 30 heavy (non-hydrogen) atoms. The van der Waals surface area contributed by atoms with Gasteiger partial charge >= 0.3 is 0 Å². The van der Waals surface area contributed by atoms with Crippen LogP contribution >= 0.6 is 0 Å². The smallest absolute Gasteiger partial charge is 0.259 e. The molecule has 1 aliphatic heterocycles. The number of aromatic amines is 1. The maximum Gasteiger partial charge on any atom is 0.259 e. The van der Waals surface area contributed by atoms with Crippen LogP contribution < -0.4 is 16.8 Å². The molecule has 6 N–H and O–H groups in total. The van der Waals surface area contributed by atoms with Gasteiger partial charge in [-0.3, -0.25) is 14.9 Å². The van der Waals surface area contributed by atoms with Crippen LogP contribution in [0.4, 0.5) is 5.69 Å². The third-order valence-electron chi connectivity index (χ3n) is 5.59. The monoisotopic (exact) mass is 399 g/mol. The summed E-state index contributed by atoms with van der Waals surface area (Å²) in [6, 6.07) is 13.3. The quantitative estimate of drug-likeness (QED) is 0.305. The van der Waals surface area contributed by atoms with E-state index >= 15 is 0 Å². The number of para-hydroxylation sites is 2. The maximum absolute atomic E-state index is 12.9. The van der Waals surface area contributed by atoms with Crippen molar-refractivity contribution in [1.82, 2.24) is 14.9 Å². The predicted molar refractivity (Wildman–Crippen MR) is 118 cm³/mol. The Bertz CT molecular complexity index is 1360. The van der Waals surface area contributed by atoms with Crippen molar-refractivity contribution >= 4 is 50.5 Å². The number of benzene rings is 2. The molecule has 3 heterocycles. The van der Waals surface area contributed by atoms with E-state index in [1.807, 2.05) is 53.2 Å². The number of aromatic nitrogens is 2. The Labute approximate surface area is 172 Å². The molecule has 2 aromatic heterocycles. The van der Waals surface area contributed by atoms with Crippen molar-refractivity contribution in [2.75, 3.05) is 12.3 Å². The average molecular weight is 399 g/mol. The first kappa shape index (κ1) is 18.2. The number of carbonyl (C=O) groups is 2. The number of fused-ring (bicyclic) bond motifs is 2. The minimum atomic E-state index is -0.402. The number of nitrogens with one attached hydrogen (secondary N) is 2. The number of nitrogens with zero attached hydrogens (tertiary/aromatic N) is 1. The maximum atomic E-state index is 12.9. The lowest BCUT2D eigenvalue weighted by molar-refractivity contribution is -0.122. The van der Waals surface area contributed by atoms with E-state index in [2.05, 4.69) is 10.3 Å². The predicted octanol–water partition coefficient (Wildman–Crippen LogP) is 2.62. The molecule has 5 rings (SSSR count). The van der Waals surface area contributed by atoms with E-state index in [9.17, 15) is 9.59 Å². The van der Waals surface area contributed by atoms with Gasteiger partial charge in [0.2, 0.25) is 0 Å². The fourth-order valence-corrected chi connectivity index (χ4v) is 4.27. The number of rotatable bonds is 5. The van der Waals surface area contributed by atoms with Crippen molar-refractivity contribution in [1.29, 1.82) is 0 Å². The van der Waals surface area contributed by atoms with E-state index < -0.39 is 11.8 Å². The molecule has 0 bridgehead atoms. The van der Waals surface area contributed by atoms with Gasteiger partial charge in [-0.05, 0) is 25.1 Å². The van der Waals surface area contributed by atoms with Crippen LogP contribution in [-0.2, 0) is 16.1 Å². The number of hydrogen-bond donors (Lipinski definition) is 4. The van der Waals surface area contributed by atoms with Crippen LogP contribution in [0, 0.1) is 0 Å². The highest BCUT2D eigenvalue weighted by atomic mass is 16.2. The standard InChI is InChI=1S/C23H21N5O2/c24-9-4-10-28-12-16(14-6-3-7-17(25)21(14)28)20-19(22(29)27-23(20)30)15-11-26-18-8-2-1-5-13(15)18/h1-3,5-8,11-12,26H,4,9-10,24-25H2,(H,27,29,30). The Kier molecular flexibility index (Phi) is 4.18. The fourth-order valence-electron chi connectivity index (χ4n) is 4.27. The van der Waals surface area contributed by atoms with E-state index in [4.69, 9.17) is 11.5 Å². The van der Waals surface area contributed by atoms with Crippen LogP contribution in [0.2, 0.25) is 0 Å².